The standard InChI is InChI=1S/C22H25NO7.ClH/c1-4-23(5-2)8-9-29-17-11-14(24)12-18-19(17)20(27)22(28-3)21(30-18)13-6-7-15(25)16(26)10-13;/h6-7,10-12,24-26H,4-5,8-9H2,1-3H3;1H. The number of hydrogen-bond acceptors (Lipinski definition) is 8. The monoisotopic (exact) mass is 451 g/mol. The van der Waals surface area contributed by atoms with Crippen LogP contribution in [0.2, 0.25) is 0 Å². The molecule has 0 radical (unpaired) electrons. The average Bonchev–Trinajstić information content (AvgIpc) is 2.72. The first-order valence-corrected chi connectivity index (χ1v) is 9.64. The van der Waals surface area contributed by atoms with Gasteiger partial charge in [0.15, 0.2) is 17.3 Å². The smallest absolute Gasteiger partial charge is 0.239 e. The van der Waals surface area contributed by atoms with Gasteiger partial charge in [0.05, 0.1) is 7.11 Å². The van der Waals surface area contributed by atoms with E-state index in [1.165, 1.54) is 37.4 Å². The Bertz CT molecular complexity index is 1110. The van der Waals surface area contributed by atoms with Gasteiger partial charge in [-0.25, -0.2) is 0 Å². The molecule has 0 aliphatic rings. The van der Waals surface area contributed by atoms with Crippen molar-refractivity contribution in [3.8, 4) is 40.1 Å². The highest BCUT2D eigenvalue weighted by Crippen LogP contribution is 2.38. The Balaban J connectivity index is 0.00000341. The fraction of sp³-hybridized carbons (Fsp3) is 0.318. The molecule has 0 unspecified atom stereocenters. The van der Waals surface area contributed by atoms with Gasteiger partial charge in [-0.05, 0) is 31.3 Å². The lowest BCUT2D eigenvalue weighted by molar-refractivity contribution is 0.223. The molecule has 8 nitrogen and oxygen atoms in total. The molecule has 9 heteroatoms. The molecule has 2 aromatic carbocycles. The largest absolute Gasteiger partial charge is 0.508 e. The second kappa shape index (κ2) is 10.3. The number of methoxy groups -OCH3 is 1. The normalized spacial score (nSPS) is 10.8. The molecule has 0 amide bonds. The Morgan fingerprint density at radius 2 is 1.74 bits per heavy atom. The van der Waals surface area contributed by atoms with Crippen LogP contribution in [-0.4, -0.2) is 53.6 Å². The van der Waals surface area contributed by atoms with Gasteiger partial charge >= 0.3 is 0 Å². The first-order chi connectivity index (χ1) is 14.4. The number of fused-ring (bicyclic) bond motifs is 1. The molecule has 0 atom stereocenters. The molecular formula is C22H26ClNO7. The predicted molar refractivity (Wildman–Crippen MR) is 120 cm³/mol. The van der Waals surface area contributed by atoms with E-state index in [2.05, 4.69) is 18.7 Å². The van der Waals surface area contributed by atoms with Crippen molar-refractivity contribution in [1.82, 2.24) is 4.90 Å². The zero-order valence-electron chi connectivity index (χ0n) is 17.5. The minimum Gasteiger partial charge on any atom is -0.508 e. The van der Waals surface area contributed by atoms with Crippen LogP contribution in [0.3, 0.4) is 0 Å². The van der Waals surface area contributed by atoms with E-state index in [9.17, 15) is 20.1 Å². The van der Waals surface area contributed by atoms with Crippen LogP contribution in [-0.2, 0) is 0 Å². The zero-order chi connectivity index (χ0) is 21.8. The van der Waals surface area contributed by atoms with Crippen LogP contribution in [0.4, 0.5) is 0 Å². The molecule has 0 saturated heterocycles. The van der Waals surface area contributed by atoms with Crippen molar-refractivity contribution >= 4 is 23.4 Å². The minimum absolute atomic E-state index is 0. The van der Waals surface area contributed by atoms with Crippen molar-refractivity contribution < 1.29 is 29.2 Å². The molecular weight excluding hydrogens is 426 g/mol. The van der Waals surface area contributed by atoms with Gasteiger partial charge in [0.25, 0.3) is 0 Å². The number of nitrogens with zero attached hydrogens (tertiary/aromatic N) is 1. The fourth-order valence-electron chi connectivity index (χ4n) is 3.23. The van der Waals surface area contributed by atoms with E-state index in [1.807, 2.05) is 0 Å². The van der Waals surface area contributed by atoms with E-state index < -0.39 is 5.43 Å². The number of phenols is 3. The van der Waals surface area contributed by atoms with Crippen LogP contribution in [0.25, 0.3) is 22.3 Å². The maximum Gasteiger partial charge on any atom is 0.239 e. The lowest BCUT2D eigenvalue weighted by Gasteiger charge is -2.18. The third-order valence-electron chi connectivity index (χ3n) is 4.90. The number of halogens is 1. The summed E-state index contributed by atoms with van der Waals surface area (Å²) in [5, 5.41) is 29.6. The predicted octanol–water partition coefficient (Wildman–Crippen LogP) is 3.73. The van der Waals surface area contributed by atoms with Gasteiger partial charge in [-0.3, -0.25) is 4.79 Å². The Hall–Kier alpha value is -3.10. The average molecular weight is 452 g/mol. The van der Waals surface area contributed by atoms with E-state index >= 15 is 0 Å². The van der Waals surface area contributed by atoms with E-state index in [-0.39, 0.29) is 57.9 Å². The topological polar surface area (TPSA) is 113 Å². The second-order valence-electron chi connectivity index (χ2n) is 6.69. The van der Waals surface area contributed by atoms with Crippen molar-refractivity contribution in [2.45, 2.75) is 13.8 Å². The van der Waals surface area contributed by atoms with Gasteiger partial charge in [-0.2, -0.15) is 0 Å². The van der Waals surface area contributed by atoms with E-state index in [0.717, 1.165) is 13.1 Å². The van der Waals surface area contributed by atoms with Crippen LogP contribution in [0.15, 0.2) is 39.5 Å². The molecule has 3 N–H and O–H groups in total. The maximum absolute atomic E-state index is 13.2. The summed E-state index contributed by atoms with van der Waals surface area (Å²) in [5.74, 6) is -0.606. The quantitative estimate of drug-likeness (QED) is 0.444. The summed E-state index contributed by atoms with van der Waals surface area (Å²) < 4.78 is 17.0. The number of ether oxygens (including phenoxy) is 2. The van der Waals surface area contributed by atoms with Gasteiger partial charge in [-0.15, -0.1) is 12.4 Å². The van der Waals surface area contributed by atoms with Crippen LogP contribution < -0.4 is 14.9 Å². The Morgan fingerprint density at radius 3 is 2.35 bits per heavy atom. The van der Waals surface area contributed by atoms with Crippen molar-refractivity contribution in [2.75, 3.05) is 33.4 Å². The highest BCUT2D eigenvalue weighted by Gasteiger charge is 2.21. The summed E-state index contributed by atoms with van der Waals surface area (Å²) in [4.78, 5) is 15.3. The van der Waals surface area contributed by atoms with Crippen LogP contribution in [0.1, 0.15) is 13.8 Å². The van der Waals surface area contributed by atoms with Crippen LogP contribution in [0.5, 0.6) is 28.7 Å². The summed E-state index contributed by atoms with van der Waals surface area (Å²) in [7, 11) is 1.34. The first kappa shape index (κ1) is 24.2. The maximum atomic E-state index is 13.2. The van der Waals surface area contributed by atoms with Crippen molar-refractivity contribution in [3.63, 3.8) is 0 Å². The summed E-state index contributed by atoms with van der Waals surface area (Å²) in [6, 6.07) is 6.70. The number of aromatic hydroxyl groups is 3. The summed E-state index contributed by atoms with van der Waals surface area (Å²) in [5.41, 5.74) is -0.0335. The number of phenolic OH excluding ortho intramolecular Hbond substituents is 3. The molecule has 0 aliphatic carbocycles. The van der Waals surface area contributed by atoms with Gasteiger partial charge in [0, 0.05) is 24.2 Å². The number of rotatable bonds is 8. The highest BCUT2D eigenvalue weighted by molar-refractivity contribution is 5.88. The lowest BCUT2D eigenvalue weighted by Crippen LogP contribution is -2.28. The molecule has 0 saturated carbocycles. The molecule has 0 bridgehead atoms. The fourth-order valence-corrected chi connectivity index (χ4v) is 3.23. The first-order valence-electron chi connectivity index (χ1n) is 9.64. The molecule has 31 heavy (non-hydrogen) atoms. The van der Waals surface area contributed by atoms with Gasteiger partial charge < -0.3 is 34.1 Å². The molecule has 3 aromatic rings. The SMILES string of the molecule is CCN(CC)CCOc1cc(O)cc2oc(-c3ccc(O)c(O)c3)c(OC)c(=O)c12.Cl. The second-order valence-corrected chi connectivity index (χ2v) is 6.69. The van der Waals surface area contributed by atoms with Crippen molar-refractivity contribution in [3.05, 3.63) is 40.6 Å². The molecule has 168 valence electrons. The summed E-state index contributed by atoms with van der Waals surface area (Å²) in [6.07, 6.45) is 0. The molecule has 0 spiro atoms. The number of benzene rings is 2. The van der Waals surface area contributed by atoms with Crippen LogP contribution >= 0.6 is 12.4 Å². The van der Waals surface area contributed by atoms with E-state index in [4.69, 9.17) is 13.9 Å². The number of likely N-dealkylation sites (N-methyl/N-ethyl adjacent to an activating group) is 1. The van der Waals surface area contributed by atoms with E-state index in [0.29, 0.717) is 18.7 Å². The van der Waals surface area contributed by atoms with Gasteiger partial charge in [-0.1, -0.05) is 13.8 Å². The minimum atomic E-state index is -0.473. The Labute approximate surface area is 185 Å². The molecule has 1 aromatic heterocycles. The van der Waals surface area contributed by atoms with Crippen LogP contribution in [0, 0.1) is 0 Å². The van der Waals surface area contributed by atoms with Gasteiger partial charge in [0.2, 0.25) is 11.2 Å². The molecule has 3 rings (SSSR count). The molecule has 0 fully saturated rings. The highest BCUT2D eigenvalue weighted by atomic mass is 35.5. The Kier molecular flexibility index (Phi) is 8.01. The number of hydrogen-bond donors (Lipinski definition) is 3. The lowest BCUT2D eigenvalue weighted by atomic mass is 10.1. The molecule has 1 heterocycles. The Morgan fingerprint density at radius 1 is 1.03 bits per heavy atom. The summed E-state index contributed by atoms with van der Waals surface area (Å²) >= 11 is 0. The third-order valence-corrected chi connectivity index (χ3v) is 4.90. The van der Waals surface area contributed by atoms with Crippen molar-refractivity contribution in [1.29, 1.82) is 0 Å². The third kappa shape index (κ3) is 4.98. The van der Waals surface area contributed by atoms with Crippen molar-refractivity contribution in [2.24, 2.45) is 0 Å². The zero-order valence-corrected chi connectivity index (χ0v) is 18.4. The summed E-state index contributed by atoms with van der Waals surface area (Å²) in [6.45, 7) is 6.84. The van der Waals surface area contributed by atoms with Gasteiger partial charge in [0.1, 0.15) is 29.1 Å². The van der Waals surface area contributed by atoms with E-state index in [1.54, 1.807) is 0 Å². The molecule has 0 aliphatic heterocycles.